The minimum absolute atomic E-state index is 0.00121. The molecule has 5 heteroatoms. The van der Waals surface area contributed by atoms with Crippen molar-refractivity contribution in [1.29, 1.82) is 0 Å². The van der Waals surface area contributed by atoms with Crippen molar-refractivity contribution in [2.24, 2.45) is 0 Å². The molecule has 0 N–H and O–H groups in total. The van der Waals surface area contributed by atoms with Gasteiger partial charge in [0, 0.05) is 0 Å². The fraction of sp³-hybridized carbons (Fsp3) is 0.500. The van der Waals surface area contributed by atoms with E-state index in [-0.39, 0.29) is 18.3 Å². The summed E-state index contributed by atoms with van der Waals surface area (Å²) in [5, 5.41) is 0.00121. The molecule has 116 valence electrons. The average molecular weight is 308 g/mol. The van der Waals surface area contributed by atoms with Crippen LogP contribution in [-0.4, -0.2) is 26.7 Å². The fourth-order valence-electron chi connectivity index (χ4n) is 1.33. The minimum atomic E-state index is -2.03. The molecule has 0 heterocycles. The lowest BCUT2D eigenvalue weighted by atomic mass is 10.2. The Bertz CT molecular complexity index is 489. The van der Waals surface area contributed by atoms with Gasteiger partial charge in [0.15, 0.2) is 8.32 Å². The van der Waals surface area contributed by atoms with Gasteiger partial charge in [0.2, 0.25) is 0 Å². The van der Waals surface area contributed by atoms with Crippen LogP contribution in [0.2, 0.25) is 18.1 Å². The van der Waals surface area contributed by atoms with E-state index in [1.54, 1.807) is 0 Å². The first-order valence-electron chi connectivity index (χ1n) is 7.01. The summed E-state index contributed by atoms with van der Waals surface area (Å²) in [7, 11) is -2.03. The van der Waals surface area contributed by atoms with Crippen LogP contribution in [0.1, 0.15) is 26.3 Å². The normalized spacial score (nSPS) is 12.0. The molecule has 4 nitrogen and oxygen atoms in total. The van der Waals surface area contributed by atoms with Gasteiger partial charge in [-0.15, -0.1) is 0 Å². The van der Waals surface area contributed by atoms with Gasteiger partial charge in [-0.1, -0.05) is 51.1 Å². The van der Waals surface area contributed by atoms with Gasteiger partial charge in [-0.3, -0.25) is 4.79 Å². The van der Waals surface area contributed by atoms with Crippen molar-refractivity contribution in [1.82, 2.24) is 0 Å². The first-order chi connectivity index (χ1) is 9.63. The summed E-state index contributed by atoms with van der Waals surface area (Å²) in [6.07, 6.45) is 0. The lowest BCUT2D eigenvalue weighted by Gasteiger charge is -2.35. The summed E-state index contributed by atoms with van der Waals surface area (Å²) >= 11 is 0. The molecule has 0 unspecified atom stereocenters. The number of Topliss-reactive ketones (excluding diaryl/α,β-unsaturated/α-hetero) is 1. The molecule has 21 heavy (non-hydrogen) atoms. The summed E-state index contributed by atoms with van der Waals surface area (Å²) in [5.74, 6) is -1.46. The zero-order valence-electron chi connectivity index (χ0n) is 13.4. The highest BCUT2D eigenvalue weighted by molar-refractivity contribution is 6.74. The Morgan fingerprint density at radius 3 is 2.19 bits per heavy atom. The third kappa shape index (κ3) is 5.44. The van der Waals surface area contributed by atoms with Crippen LogP contribution in [0, 0.1) is 0 Å². The predicted octanol–water partition coefficient (Wildman–Crippen LogP) is 3.32. The second-order valence-corrected chi connectivity index (χ2v) is 11.3. The number of rotatable bonds is 6. The lowest BCUT2D eigenvalue weighted by Crippen LogP contribution is -2.43. The third-order valence-corrected chi connectivity index (χ3v) is 8.29. The fourth-order valence-corrected chi connectivity index (χ4v) is 2.25. The van der Waals surface area contributed by atoms with Gasteiger partial charge in [0.1, 0.15) is 13.2 Å². The maximum Gasteiger partial charge on any atom is 0.377 e. The summed E-state index contributed by atoms with van der Waals surface area (Å²) < 4.78 is 10.7. The summed E-state index contributed by atoms with van der Waals surface area (Å²) in [5.41, 5.74) is 0.851. The lowest BCUT2D eigenvalue weighted by molar-refractivity contribution is -0.155. The van der Waals surface area contributed by atoms with Crippen molar-refractivity contribution in [3.8, 4) is 0 Å². The SMILES string of the molecule is CC(C)(C)[Si](C)(C)OCC(=O)C(=O)OCc1ccccc1. The molecule has 1 rings (SSSR count). The molecule has 0 aromatic heterocycles. The Labute approximate surface area is 127 Å². The number of hydrogen-bond acceptors (Lipinski definition) is 4. The Morgan fingerprint density at radius 2 is 1.67 bits per heavy atom. The zero-order chi connectivity index (χ0) is 16.1. The highest BCUT2D eigenvalue weighted by Gasteiger charge is 2.38. The monoisotopic (exact) mass is 308 g/mol. The van der Waals surface area contributed by atoms with E-state index in [1.165, 1.54) is 0 Å². The number of benzene rings is 1. The topological polar surface area (TPSA) is 52.6 Å². The Balaban J connectivity index is 2.44. The van der Waals surface area contributed by atoms with Crippen molar-refractivity contribution < 1.29 is 18.8 Å². The largest absolute Gasteiger partial charge is 0.455 e. The number of carbonyl (C=O) groups is 2. The predicted molar refractivity (Wildman–Crippen MR) is 84.4 cm³/mol. The highest BCUT2D eigenvalue weighted by atomic mass is 28.4. The quantitative estimate of drug-likeness (QED) is 0.459. The maximum absolute atomic E-state index is 11.8. The molecule has 1 aromatic carbocycles. The standard InChI is InChI=1S/C16H24O4Si/c1-16(2,3)21(4,5)20-12-14(17)15(18)19-11-13-9-7-6-8-10-13/h6-10H,11-12H2,1-5H3. The van der Waals surface area contributed by atoms with Crippen LogP contribution in [0.5, 0.6) is 0 Å². The van der Waals surface area contributed by atoms with E-state index in [0.717, 1.165) is 5.56 Å². The van der Waals surface area contributed by atoms with Gasteiger partial charge in [-0.25, -0.2) is 4.79 Å². The molecule has 0 aliphatic rings. The van der Waals surface area contributed by atoms with E-state index >= 15 is 0 Å². The Morgan fingerprint density at radius 1 is 1.10 bits per heavy atom. The molecule has 0 aliphatic carbocycles. The van der Waals surface area contributed by atoms with Crippen molar-refractivity contribution in [2.45, 2.75) is 45.5 Å². The van der Waals surface area contributed by atoms with Gasteiger partial charge in [-0.2, -0.15) is 0 Å². The second-order valence-electron chi connectivity index (χ2n) is 6.53. The molecule has 0 atom stereocenters. The molecular weight excluding hydrogens is 284 g/mol. The van der Waals surface area contributed by atoms with Crippen LogP contribution >= 0.6 is 0 Å². The van der Waals surface area contributed by atoms with Crippen LogP contribution < -0.4 is 0 Å². The first kappa shape index (κ1) is 17.6. The molecule has 0 saturated carbocycles. The number of hydrogen-bond donors (Lipinski definition) is 0. The van der Waals surface area contributed by atoms with E-state index in [9.17, 15) is 9.59 Å². The van der Waals surface area contributed by atoms with Crippen LogP contribution in [0.15, 0.2) is 30.3 Å². The molecule has 0 bridgehead atoms. The van der Waals surface area contributed by atoms with E-state index in [4.69, 9.17) is 9.16 Å². The minimum Gasteiger partial charge on any atom is -0.455 e. The Kier molecular flexibility index (Phi) is 5.86. The van der Waals surface area contributed by atoms with E-state index in [1.807, 2.05) is 43.4 Å². The second kappa shape index (κ2) is 7.00. The summed E-state index contributed by atoms with van der Waals surface area (Å²) in [4.78, 5) is 23.4. The van der Waals surface area contributed by atoms with E-state index in [0.29, 0.717) is 0 Å². The van der Waals surface area contributed by atoms with Crippen molar-refractivity contribution in [3.63, 3.8) is 0 Å². The first-order valence-corrected chi connectivity index (χ1v) is 9.92. The van der Waals surface area contributed by atoms with Crippen molar-refractivity contribution >= 4 is 20.1 Å². The van der Waals surface area contributed by atoms with Crippen molar-refractivity contribution in [3.05, 3.63) is 35.9 Å². The van der Waals surface area contributed by atoms with Crippen LogP contribution in [0.4, 0.5) is 0 Å². The van der Waals surface area contributed by atoms with Crippen LogP contribution in [0.3, 0.4) is 0 Å². The number of esters is 1. The van der Waals surface area contributed by atoms with E-state index < -0.39 is 20.1 Å². The van der Waals surface area contributed by atoms with Crippen LogP contribution in [0.25, 0.3) is 0 Å². The van der Waals surface area contributed by atoms with Gasteiger partial charge in [-0.05, 0) is 23.7 Å². The molecule has 0 radical (unpaired) electrons. The molecule has 0 aliphatic heterocycles. The highest BCUT2D eigenvalue weighted by Crippen LogP contribution is 2.36. The smallest absolute Gasteiger partial charge is 0.377 e. The van der Waals surface area contributed by atoms with Crippen molar-refractivity contribution in [2.75, 3.05) is 6.61 Å². The van der Waals surface area contributed by atoms with E-state index in [2.05, 4.69) is 20.8 Å². The number of carbonyl (C=O) groups excluding carboxylic acids is 2. The molecular formula is C16H24O4Si. The number of ketones is 1. The molecule has 0 amide bonds. The molecule has 0 fully saturated rings. The molecule has 1 aromatic rings. The van der Waals surface area contributed by atoms with Gasteiger partial charge in [0.25, 0.3) is 5.78 Å². The molecule has 0 saturated heterocycles. The Hall–Kier alpha value is -1.46. The average Bonchev–Trinajstić information content (AvgIpc) is 2.42. The third-order valence-electron chi connectivity index (χ3n) is 3.81. The van der Waals surface area contributed by atoms with Gasteiger partial charge >= 0.3 is 5.97 Å². The number of ether oxygens (including phenoxy) is 1. The summed E-state index contributed by atoms with van der Waals surface area (Å²) in [6.45, 7) is 10.2. The van der Waals surface area contributed by atoms with Gasteiger partial charge < -0.3 is 9.16 Å². The zero-order valence-corrected chi connectivity index (χ0v) is 14.4. The summed E-state index contributed by atoms with van der Waals surface area (Å²) in [6, 6.07) is 9.26. The maximum atomic E-state index is 11.8. The molecule has 0 spiro atoms. The van der Waals surface area contributed by atoms with Crippen LogP contribution in [-0.2, 0) is 25.4 Å². The van der Waals surface area contributed by atoms with Gasteiger partial charge in [0.05, 0.1) is 0 Å².